The summed E-state index contributed by atoms with van der Waals surface area (Å²) in [6.07, 6.45) is -0.471. The molecule has 5 heteroatoms. The molecule has 0 fully saturated rings. The third-order valence-electron chi connectivity index (χ3n) is 3.63. The van der Waals surface area contributed by atoms with Crippen molar-refractivity contribution in [3.05, 3.63) is 64.6 Å². The summed E-state index contributed by atoms with van der Waals surface area (Å²) < 4.78 is 5.54. The van der Waals surface area contributed by atoms with E-state index in [-0.39, 0.29) is 0 Å². The van der Waals surface area contributed by atoms with Gasteiger partial charge < -0.3 is 4.74 Å². The second kappa shape index (κ2) is 5.50. The minimum Gasteiger partial charge on any atom is -0.443 e. The van der Waals surface area contributed by atoms with E-state index in [9.17, 15) is 9.70 Å². The van der Waals surface area contributed by atoms with Gasteiger partial charge in [0.2, 0.25) is 0 Å². The van der Waals surface area contributed by atoms with Gasteiger partial charge >= 0.3 is 6.09 Å². The van der Waals surface area contributed by atoms with E-state index >= 15 is 0 Å². The van der Waals surface area contributed by atoms with Crippen LogP contribution in [0.5, 0.6) is 0 Å². The van der Waals surface area contributed by atoms with Gasteiger partial charge in [-0.05, 0) is 32.9 Å². The van der Waals surface area contributed by atoms with Gasteiger partial charge in [0, 0.05) is 11.1 Å². The molecule has 5 nitrogen and oxygen atoms in total. The van der Waals surface area contributed by atoms with Crippen LogP contribution in [0.1, 0.15) is 37.9 Å². The molecule has 0 unspecified atom stereocenters. The molecule has 118 valence electrons. The molecule has 1 aliphatic heterocycles. The number of ether oxygens (including phenoxy) is 1. The van der Waals surface area contributed by atoms with E-state index in [1.54, 1.807) is 12.1 Å². The Bertz CT molecular complexity index is 717. The summed E-state index contributed by atoms with van der Waals surface area (Å²) in [6.45, 7) is 5.47. The smallest absolute Gasteiger partial charge is 0.419 e. The van der Waals surface area contributed by atoms with Crippen molar-refractivity contribution in [3.63, 3.8) is 0 Å². The van der Waals surface area contributed by atoms with Crippen LogP contribution in [0.2, 0.25) is 0 Å². The summed E-state index contributed by atoms with van der Waals surface area (Å²) in [7, 11) is 0. The van der Waals surface area contributed by atoms with Gasteiger partial charge in [0.25, 0.3) is 0 Å². The van der Waals surface area contributed by atoms with E-state index in [1.165, 1.54) is 4.90 Å². The standard InChI is InChI=1S/C18H18N2O3/c1-18(2,3)23-17(21)20-14-10-6-4-8-12(14)16(19-22)13-9-5-7-11-15(13)20/h4-11,16H,1-3H3. The van der Waals surface area contributed by atoms with Crippen molar-refractivity contribution in [1.82, 2.24) is 0 Å². The number of para-hydroxylation sites is 2. The quantitative estimate of drug-likeness (QED) is 0.702. The highest BCUT2D eigenvalue weighted by Gasteiger charge is 2.36. The third-order valence-corrected chi connectivity index (χ3v) is 3.63. The first kappa shape index (κ1) is 15.2. The number of amides is 1. The minimum atomic E-state index is -0.624. The Hall–Kier alpha value is -2.69. The molecule has 0 atom stereocenters. The van der Waals surface area contributed by atoms with Crippen molar-refractivity contribution in [3.8, 4) is 0 Å². The molecule has 0 spiro atoms. The first-order chi connectivity index (χ1) is 10.9. The van der Waals surface area contributed by atoms with E-state index in [1.807, 2.05) is 57.2 Å². The number of hydrogen-bond acceptors (Lipinski definition) is 4. The summed E-state index contributed by atoms with van der Waals surface area (Å²) in [5.41, 5.74) is 2.05. The normalized spacial score (nSPS) is 14.0. The van der Waals surface area contributed by atoms with E-state index < -0.39 is 17.7 Å². The van der Waals surface area contributed by atoms with Gasteiger partial charge in [-0.1, -0.05) is 41.6 Å². The zero-order valence-corrected chi connectivity index (χ0v) is 13.3. The maximum absolute atomic E-state index is 12.7. The highest BCUT2D eigenvalue weighted by atomic mass is 16.6. The molecule has 0 aromatic heterocycles. The molecule has 0 saturated heterocycles. The van der Waals surface area contributed by atoms with Crippen LogP contribution in [0.15, 0.2) is 53.7 Å². The molecule has 0 N–H and O–H groups in total. The van der Waals surface area contributed by atoms with Crippen molar-refractivity contribution < 1.29 is 9.53 Å². The van der Waals surface area contributed by atoms with E-state index in [0.29, 0.717) is 22.5 Å². The van der Waals surface area contributed by atoms with Crippen LogP contribution in [0.4, 0.5) is 16.2 Å². The number of benzene rings is 2. The Morgan fingerprint density at radius 1 is 1.00 bits per heavy atom. The molecular formula is C18H18N2O3. The lowest BCUT2D eigenvalue weighted by Gasteiger charge is -2.34. The predicted octanol–water partition coefficient (Wildman–Crippen LogP) is 4.93. The van der Waals surface area contributed by atoms with E-state index in [2.05, 4.69) is 5.18 Å². The maximum Gasteiger partial charge on any atom is 0.419 e. The number of anilines is 2. The molecule has 0 aliphatic carbocycles. The summed E-state index contributed by atoms with van der Waals surface area (Å²) in [4.78, 5) is 25.6. The minimum absolute atomic E-state index is 0.471. The lowest BCUT2D eigenvalue weighted by Crippen LogP contribution is -2.36. The van der Waals surface area contributed by atoms with Crippen LogP contribution in [0.3, 0.4) is 0 Å². The van der Waals surface area contributed by atoms with Crippen LogP contribution in [0, 0.1) is 4.91 Å². The van der Waals surface area contributed by atoms with Crippen molar-refractivity contribution in [1.29, 1.82) is 0 Å². The first-order valence-electron chi connectivity index (χ1n) is 7.46. The fraction of sp³-hybridized carbons (Fsp3) is 0.278. The summed E-state index contributed by atoms with van der Waals surface area (Å²) in [6, 6.07) is 13.9. The number of fused-ring (bicyclic) bond motifs is 2. The monoisotopic (exact) mass is 310 g/mol. The number of carbonyl (C=O) groups is 1. The van der Waals surface area contributed by atoms with Gasteiger partial charge in [0.15, 0.2) is 0 Å². The van der Waals surface area contributed by atoms with Crippen molar-refractivity contribution in [2.45, 2.75) is 32.4 Å². The van der Waals surface area contributed by atoms with Gasteiger partial charge in [0.1, 0.15) is 11.6 Å². The van der Waals surface area contributed by atoms with Gasteiger partial charge in [-0.25, -0.2) is 9.69 Å². The summed E-state index contributed by atoms with van der Waals surface area (Å²) >= 11 is 0. The van der Waals surface area contributed by atoms with Crippen molar-refractivity contribution in [2.75, 3.05) is 4.90 Å². The Balaban J connectivity index is 2.17. The Morgan fingerprint density at radius 3 is 1.91 bits per heavy atom. The van der Waals surface area contributed by atoms with Crippen LogP contribution >= 0.6 is 0 Å². The summed E-state index contributed by atoms with van der Waals surface area (Å²) in [5, 5.41) is 3.27. The molecule has 1 aliphatic rings. The highest BCUT2D eigenvalue weighted by Crippen LogP contribution is 2.46. The lowest BCUT2D eigenvalue weighted by molar-refractivity contribution is 0.0598. The number of carbonyl (C=O) groups excluding carboxylic acids is 1. The SMILES string of the molecule is CC(C)(C)OC(=O)N1c2ccccc2C(N=O)c2ccccc21. The number of nitrogens with zero attached hydrogens (tertiary/aromatic N) is 2. The molecule has 1 heterocycles. The molecular weight excluding hydrogens is 292 g/mol. The highest BCUT2D eigenvalue weighted by molar-refractivity contribution is 5.99. The Morgan fingerprint density at radius 2 is 1.48 bits per heavy atom. The predicted molar refractivity (Wildman–Crippen MR) is 88.9 cm³/mol. The topological polar surface area (TPSA) is 59.0 Å². The second-order valence-corrected chi connectivity index (χ2v) is 6.44. The number of hydrogen-bond donors (Lipinski definition) is 0. The molecule has 0 saturated carbocycles. The fourth-order valence-corrected chi connectivity index (χ4v) is 2.76. The molecule has 2 aromatic rings. The van der Waals surface area contributed by atoms with E-state index in [0.717, 1.165) is 0 Å². The largest absolute Gasteiger partial charge is 0.443 e. The Labute approximate surface area is 134 Å². The van der Waals surface area contributed by atoms with Crippen LogP contribution in [0.25, 0.3) is 0 Å². The fourth-order valence-electron chi connectivity index (χ4n) is 2.76. The zero-order valence-electron chi connectivity index (χ0n) is 13.3. The number of rotatable bonds is 1. The average molecular weight is 310 g/mol. The molecule has 2 aromatic carbocycles. The van der Waals surface area contributed by atoms with Gasteiger partial charge in [-0.15, -0.1) is 4.91 Å². The van der Waals surface area contributed by atoms with Crippen LogP contribution in [-0.2, 0) is 4.74 Å². The Kier molecular flexibility index (Phi) is 3.64. The van der Waals surface area contributed by atoms with Crippen molar-refractivity contribution >= 4 is 17.5 Å². The molecule has 23 heavy (non-hydrogen) atoms. The average Bonchev–Trinajstić information content (AvgIpc) is 2.50. The zero-order chi connectivity index (χ0) is 16.6. The van der Waals surface area contributed by atoms with Crippen molar-refractivity contribution in [2.24, 2.45) is 5.18 Å². The second-order valence-electron chi connectivity index (χ2n) is 6.44. The lowest BCUT2D eigenvalue weighted by atomic mass is 9.91. The summed E-state index contributed by atoms with van der Waals surface area (Å²) in [5.74, 6) is 0. The van der Waals surface area contributed by atoms with Gasteiger partial charge in [-0.2, -0.15) is 0 Å². The van der Waals surface area contributed by atoms with Gasteiger partial charge in [0.05, 0.1) is 11.4 Å². The maximum atomic E-state index is 12.7. The third kappa shape index (κ3) is 2.70. The van der Waals surface area contributed by atoms with Gasteiger partial charge in [-0.3, -0.25) is 0 Å². The number of nitroso groups, excluding NO2 is 1. The molecule has 0 radical (unpaired) electrons. The van der Waals surface area contributed by atoms with Crippen LogP contribution < -0.4 is 4.90 Å². The molecule has 0 bridgehead atoms. The first-order valence-corrected chi connectivity index (χ1v) is 7.46. The molecule has 3 rings (SSSR count). The van der Waals surface area contributed by atoms with E-state index in [4.69, 9.17) is 4.74 Å². The molecule has 1 amide bonds. The van der Waals surface area contributed by atoms with Crippen LogP contribution in [-0.4, -0.2) is 11.7 Å².